The van der Waals surface area contributed by atoms with Gasteiger partial charge in [-0.3, -0.25) is 0 Å². The number of aliphatic hydroxyl groups is 1. The van der Waals surface area contributed by atoms with Crippen molar-refractivity contribution in [1.29, 1.82) is 5.26 Å². The highest BCUT2D eigenvalue weighted by atomic mass is 32.2. The van der Waals surface area contributed by atoms with E-state index in [1.807, 2.05) is 0 Å². The predicted molar refractivity (Wildman–Crippen MR) is 99.8 cm³/mol. The lowest BCUT2D eigenvalue weighted by Gasteiger charge is -2.32. The van der Waals surface area contributed by atoms with Gasteiger partial charge in [-0.25, -0.2) is 0 Å². The number of hydrogen-bond donors (Lipinski definition) is 1. The molecular weight excluding hydrogens is 450 g/mol. The van der Waals surface area contributed by atoms with Gasteiger partial charge in [0.15, 0.2) is 0 Å². The monoisotopic (exact) mass is 464 g/mol. The molecule has 12 heteroatoms. The number of rotatable bonds is 5. The Hall–Kier alpha value is -3.04. The third-order valence-corrected chi connectivity index (χ3v) is 5.02. The van der Waals surface area contributed by atoms with Crippen LogP contribution in [-0.4, -0.2) is 35.8 Å². The van der Waals surface area contributed by atoms with E-state index in [1.165, 1.54) is 29.8 Å². The normalized spacial score (nSPS) is 13.8. The molecule has 2 rings (SSSR count). The van der Waals surface area contributed by atoms with Crippen LogP contribution in [0.4, 0.5) is 26.3 Å². The summed E-state index contributed by atoms with van der Waals surface area (Å²) in [5, 5.41) is 19.1. The summed E-state index contributed by atoms with van der Waals surface area (Å²) in [7, 11) is -2.53. The number of nitrogens with zero attached hydrogens (tertiary/aromatic N) is 2. The standard InChI is InChI=1S/C19H14F6N2O3S/c1-12(11-31(29)30)16-9-13(3-2-8-26)10-27(16)15-6-4-14(5-7-15)17(28,18(20,21)22)19(23,24)25/h2-7,9-12,28H,1H3. The molecule has 0 bridgehead atoms. The molecule has 166 valence electrons. The van der Waals surface area contributed by atoms with Crippen molar-refractivity contribution in [3.05, 3.63) is 59.4 Å². The van der Waals surface area contributed by atoms with Crippen LogP contribution in [-0.2, 0) is 15.9 Å². The van der Waals surface area contributed by atoms with Crippen molar-refractivity contribution in [2.45, 2.75) is 30.8 Å². The lowest BCUT2D eigenvalue weighted by Crippen LogP contribution is -2.53. The molecule has 0 spiro atoms. The molecule has 5 nitrogen and oxygen atoms in total. The Morgan fingerprint density at radius 1 is 1.10 bits per heavy atom. The molecule has 0 fully saturated rings. The second-order valence-corrected chi connectivity index (χ2v) is 7.26. The Balaban J connectivity index is 2.63. The molecule has 0 amide bonds. The molecule has 2 aromatic rings. The van der Waals surface area contributed by atoms with Gasteiger partial charge in [0.2, 0.25) is 10.3 Å². The van der Waals surface area contributed by atoms with Crippen LogP contribution < -0.4 is 0 Å². The van der Waals surface area contributed by atoms with Crippen LogP contribution in [0.2, 0.25) is 0 Å². The Labute approximate surface area is 174 Å². The van der Waals surface area contributed by atoms with E-state index in [9.17, 15) is 39.9 Å². The highest BCUT2D eigenvalue weighted by molar-refractivity contribution is 7.71. The fourth-order valence-electron chi connectivity index (χ4n) is 2.89. The van der Waals surface area contributed by atoms with Gasteiger partial charge in [-0.05, 0) is 29.8 Å². The van der Waals surface area contributed by atoms with Gasteiger partial charge in [-0.2, -0.15) is 40.0 Å². The van der Waals surface area contributed by atoms with E-state index in [2.05, 4.69) is 0 Å². The highest BCUT2D eigenvalue weighted by Gasteiger charge is 2.71. The molecule has 0 saturated heterocycles. The van der Waals surface area contributed by atoms with E-state index in [4.69, 9.17) is 5.26 Å². The van der Waals surface area contributed by atoms with Gasteiger partial charge in [0, 0.05) is 40.5 Å². The molecule has 31 heavy (non-hydrogen) atoms. The molecular formula is C19H14F6N2O3S. The second kappa shape index (κ2) is 8.60. The summed E-state index contributed by atoms with van der Waals surface area (Å²) in [4.78, 5) is 0. The van der Waals surface area contributed by atoms with Crippen LogP contribution in [0.15, 0.2) is 42.6 Å². The number of hydrogen-bond acceptors (Lipinski definition) is 4. The summed E-state index contributed by atoms with van der Waals surface area (Å²) < 4.78 is 102. The second-order valence-electron chi connectivity index (χ2n) is 6.47. The zero-order valence-corrected chi connectivity index (χ0v) is 16.4. The van der Waals surface area contributed by atoms with Crippen molar-refractivity contribution < 1.29 is 39.9 Å². The maximum Gasteiger partial charge on any atom is 0.430 e. The van der Waals surface area contributed by atoms with Crippen molar-refractivity contribution in [1.82, 2.24) is 4.57 Å². The fourth-order valence-corrected chi connectivity index (χ4v) is 3.36. The summed E-state index contributed by atoms with van der Waals surface area (Å²) in [6.45, 7) is 1.51. The quantitative estimate of drug-likeness (QED) is 0.410. The van der Waals surface area contributed by atoms with Gasteiger partial charge in [0.05, 0.1) is 6.07 Å². The third-order valence-electron chi connectivity index (χ3n) is 4.39. The number of nitriles is 1. The zero-order chi connectivity index (χ0) is 23.6. The van der Waals surface area contributed by atoms with Crippen LogP contribution >= 0.6 is 0 Å². The van der Waals surface area contributed by atoms with Crippen molar-refractivity contribution >= 4 is 21.7 Å². The van der Waals surface area contributed by atoms with E-state index >= 15 is 0 Å². The number of aromatic nitrogens is 1. The first kappa shape index (κ1) is 24.2. The Kier molecular flexibility index (Phi) is 6.72. The molecule has 1 aromatic heterocycles. The molecule has 1 aromatic carbocycles. The molecule has 0 aliphatic rings. The fraction of sp³-hybridized carbons (Fsp3) is 0.263. The minimum atomic E-state index is -6.01. The number of benzene rings is 1. The molecule has 0 aliphatic heterocycles. The van der Waals surface area contributed by atoms with E-state index in [-0.39, 0.29) is 5.69 Å². The molecule has 0 aliphatic carbocycles. The Morgan fingerprint density at radius 2 is 1.65 bits per heavy atom. The molecule has 1 N–H and O–H groups in total. The summed E-state index contributed by atoms with van der Waals surface area (Å²) >= 11 is 0. The number of allylic oxidation sites excluding steroid dienone is 1. The number of alkyl halides is 6. The van der Waals surface area contributed by atoms with Crippen molar-refractivity contribution in [2.75, 3.05) is 0 Å². The zero-order valence-electron chi connectivity index (χ0n) is 15.6. The smallest absolute Gasteiger partial charge is 0.369 e. The third kappa shape index (κ3) is 4.83. The first-order valence-corrected chi connectivity index (χ1v) is 9.54. The van der Waals surface area contributed by atoms with Crippen LogP contribution in [0.5, 0.6) is 0 Å². The lowest BCUT2D eigenvalue weighted by atomic mass is 9.92. The number of halogens is 6. The summed E-state index contributed by atoms with van der Waals surface area (Å²) in [6.07, 6.45) is -8.07. The summed E-state index contributed by atoms with van der Waals surface area (Å²) in [5.41, 5.74) is -5.58. The largest absolute Gasteiger partial charge is 0.430 e. The average Bonchev–Trinajstić information content (AvgIpc) is 3.08. The van der Waals surface area contributed by atoms with E-state index in [0.717, 1.165) is 23.6 Å². The SMILES string of the molecule is CC(C=S(=O)=O)c1cc(C=CC#N)cn1-c1ccc(C(O)(C(F)(F)F)C(F)(F)F)cc1. The molecule has 0 radical (unpaired) electrons. The first-order valence-electron chi connectivity index (χ1n) is 8.40. The Bertz CT molecular complexity index is 1130. The lowest BCUT2D eigenvalue weighted by molar-refractivity contribution is -0.376. The van der Waals surface area contributed by atoms with Crippen LogP contribution in [0, 0.1) is 11.3 Å². The first-order chi connectivity index (χ1) is 14.2. The minimum absolute atomic E-state index is 0.110. The van der Waals surface area contributed by atoms with E-state index in [1.54, 1.807) is 6.07 Å². The van der Waals surface area contributed by atoms with Gasteiger partial charge in [0.25, 0.3) is 5.60 Å². The molecule has 1 unspecified atom stereocenters. The van der Waals surface area contributed by atoms with Crippen LogP contribution in [0.1, 0.15) is 29.7 Å². The summed E-state index contributed by atoms with van der Waals surface area (Å²) in [6, 6.07) is 6.12. The summed E-state index contributed by atoms with van der Waals surface area (Å²) in [5.74, 6) is -0.704. The minimum Gasteiger partial charge on any atom is -0.369 e. The van der Waals surface area contributed by atoms with Crippen molar-refractivity contribution in [3.63, 3.8) is 0 Å². The topological polar surface area (TPSA) is 83.1 Å². The molecule has 1 heterocycles. The maximum absolute atomic E-state index is 13.1. The van der Waals surface area contributed by atoms with Gasteiger partial charge >= 0.3 is 12.4 Å². The van der Waals surface area contributed by atoms with Gasteiger partial charge in [-0.15, -0.1) is 0 Å². The maximum atomic E-state index is 13.1. The van der Waals surface area contributed by atoms with Gasteiger partial charge < -0.3 is 9.67 Å². The van der Waals surface area contributed by atoms with E-state index in [0.29, 0.717) is 23.4 Å². The highest BCUT2D eigenvalue weighted by Crippen LogP contribution is 2.50. The predicted octanol–water partition coefficient (Wildman–Crippen LogP) is 4.11. The van der Waals surface area contributed by atoms with Crippen molar-refractivity contribution in [3.8, 4) is 11.8 Å². The molecule has 1 atom stereocenters. The Morgan fingerprint density at radius 3 is 2.10 bits per heavy atom. The van der Waals surface area contributed by atoms with Gasteiger partial charge in [-0.1, -0.05) is 19.1 Å². The van der Waals surface area contributed by atoms with Crippen LogP contribution in [0.3, 0.4) is 0 Å². The molecule has 0 saturated carbocycles. The van der Waals surface area contributed by atoms with Crippen molar-refractivity contribution in [2.24, 2.45) is 0 Å². The average molecular weight is 464 g/mol. The van der Waals surface area contributed by atoms with Gasteiger partial charge in [0.1, 0.15) is 0 Å². The van der Waals surface area contributed by atoms with E-state index < -0.39 is 39.7 Å². The van der Waals surface area contributed by atoms with Crippen LogP contribution in [0.25, 0.3) is 11.8 Å².